The molecule has 0 fully saturated rings. The minimum absolute atomic E-state index is 0.121. The molecule has 0 unspecified atom stereocenters. The Morgan fingerprint density at radius 2 is 2.00 bits per heavy atom. The van der Waals surface area contributed by atoms with Crippen LogP contribution in [0.15, 0.2) is 6.20 Å². The number of nitrogens with one attached hydrogen (secondary N) is 3. The Morgan fingerprint density at radius 1 is 1.30 bits per heavy atom. The zero-order chi connectivity index (χ0) is 15.1. The van der Waals surface area contributed by atoms with Gasteiger partial charge in [0.05, 0.1) is 11.9 Å². The lowest BCUT2D eigenvalue weighted by Crippen LogP contribution is -2.30. The predicted molar refractivity (Wildman–Crippen MR) is 76.7 cm³/mol. The lowest BCUT2D eigenvalue weighted by molar-refractivity contribution is -0.120. The van der Waals surface area contributed by atoms with Crippen LogP contribution in [0.4, 0.5) is 5.69 Å². The van der Waals surface area contributed by atoms with Gasteiger partial charge in [0, 0.05) is 33.0 Å². The van der Waals surface area contributed by atoms with E-state index in [1.165, 1.54) is 0 Å². The molecule has 1 heterocycles. The number of amides is 2. The van der Waals surface area contributed by atoms with Gasteiger partial charge < -0.3 is 16.0 Å². The first-order valence-electron chi connectivity index (χ1n) is 6.53. The SMILES string of the molecule is CNC(=O)CCNC(=O)c1nc(C(C)C)ncc1NC. The first-order chi connectivity index (χ1) is 9.49. The highest BCUT2D eigenvalue weighted by molar-refractivity contribution is 5.97. The number of nitrogens with zero attached hydrogens (tertiary/aromatic N) is 2. The zero-order valence-electron chi connectivity index (χ0n) is 12.3. The highest BCUT2D eigenvalue weighted by atomic mass is 16.2. The Hall–Kier alpha value is -2.18. The Morgan fingerprint density at radius 3 is 2.55 bits per heavy atom. The molecule has 0 atom stereocenters. The normalized spacial score (nSPS) is 10.2. The quantitative estimate of drug-likeness (QED) is 0.705. The average Bonchev–Trinajstić information content (AvgIpc) is 2.45. The molecule has 110 valence electrons. The molecule has 0 radical (unpaired) electrons. The van der Waals surface area contributed by atoms with Gasteiger partial charge in [-0.1, -0.05) is 13.8 Å². The van der Waals surface area contributed by atoms with Crippen LogP contribution in [-0.4, -0.2) is 42.4 Å². The van der Waals surface area contributed by atoms with Crippen molar-refractivity contribution in [3.05, 3.63) is 17.7 Å². The van der Waals surface area contributed by atoms with Crippen molar-refractivity contribution in [2.45, 2.75) is 26.2 Å². The van der Waals surface area contributed by atoms with Crippen molar-refractivity contribution in [1.82, 2.24) is 20.6 Å². The molecule has 20 heavy (non-hydrogen) atoms. The van der Waals surface area contributed by atoms with Crippen LogP contribution in [0.1, 0.15) is 42.5 Å². The van der Waals surface area contributed by atoms with E-state index in [1.807, 2.05) is 13.8 Å². The van der Waals surface area contributed by atoms with Gasteiger partial charge in [0.25, 0.3) is 5.91 Å². The van der Waals surface area contributed by atoms with Crippen LogP contribution in [0.25, 0.3) is 0 Å². The molecular formula is C13H21N5O2. The van der Waals surface area contributed by atoms with E-state index in [0.29, 0.717) is 17.2 Å². The van der Waals surface area contributed by atoms with Gasteiger partial charge in [-0.3, -0.25) is 9.59 Å². The molecule has 0 bridgehead atoms. The van der Waals surface area contributed by atoms with Crippen molar-refractivity contribution in [2.75, 3.05) is 26.0 Å². The van der Waals surface area contributed by atoms with Gasteiger partial charge >= 0.3 is 0 Å². The molecule has 7 nitrogen and oxygen atoms in total. The number of hydrogen-bond acceptors (Lipinski definition) is 5. The molecule has 0 saturated carbocycles. The minimum atomic E-state index is -0.317. The number of carbonyl (C=O) groups is 2. The smallest absolute Gasteiger partial charge is 0.272 e. The van der Waals surface area contributed by atoms with E-state index in [-0.39, 0.29) is 30.7 Å². The minimum Gasteiger partial charge on any atom is -0.385 e. The zero-order valence-corrected chi connectivity index (χ0v) is 12.3. The lowest BCUT2D eigenvalue weighted by atomic mass is 10.2. The van der Waals surface area contributed by atoms with Gasteiger partial charge in [-0.25, -0.2) is 9.97 Å². The van der Waals surface area contributed by atoms with Crippen LogP contribution in [0.5, 0.6) is 0 Å². The van der Waals surface area contributed by atoms with Crippen molar-refractivity contribution >= 4 is 17.5 Å². The fourth-order valence-electron chi connectivity index (χ4n) is 1.53. The number of anilines is 1. The molecule has 2 amide bonds. The van der Waals surface area contributed by atoms with Crippen LogP contribution >= 0.6 is 0 Å². The molecule has 0 aromatic carbocycles. The van der Waals surface area contributed by atoms with E-state index in [0.717, 1.165) is 0 Å². The first kappa shape index (κ1) is 15.9. The maximum absolute atomic E-state index is 12.1. The molecule has 0 saturated heterocycles. The van der Waals surface area contributed by atoms with Crippen LogP contribution in [0, 0.1) is 0 Å². The Balaban J connectivity index is 2.79. The summed E-state index contributed by atoms with van der Waals surface area (Å²) in [5.41, 5.74) is 0.856. The van der Waals surface area contributed by atoms with Gasteiger partial charge in [0.1, 0.15) is 5.82 Å². The van der Waals surface area contributed by atoms with Gasteiger partial charge in [-0.2, -0.15) is 0 Å². The third-order valence-corrected chi connectivity index (χ3v) is 2.72. The monoisotopic (exact) mass is 279 g/mol. The molecule has 0 aliphatic heterocycles. The summed E-state index contributed by atoms with van der Waals surface area (Å²) in [6, 6.07) is 0. The Kier molecular flexibility index (Phi) is 5.89. The van der Waals surface area contributed by atoms with Gasteiger partial charge in [0.15, 0.2) is 5.69 Å². The molecule has 0 aliphatic carbocycles. The van der Waals surface area contributed by atoms with Crippen LogP contribution in [0.2, 0.25) is 0 Å². The predicted octanol–water partition coefficient (Wildman–Crippen LogP) is 0.508. The summed E-state index contributed by atoms with van der Waals surface area (Å²) in [6.07, 6.45) is 1.83. The Bertz CT molecular complexity index is 488. The van der Waals surface area contributed by atoms with Crippen LogP contribution in [0.3, 0.4) is 0 Å². The van der Waals surface area contributed by atoms with Crippen LogP contribution in [-0.2, 0) is 4.79 Å². The second kappa shape index (κ2) is 7.42. The van der Waals surface area contributed by atoms with Crippen molar-refractivity contribution in [2.24, 2.45) is 0 Å². The van der Waals surface area contributed by atoms with E-state index in [9.17, 15) is 9.59 Å². The van der Waals surface area contributed by atoms with Crippen LogP contribution < -0.4 is 16.0 Å². The number of rotatable bonds is 6. The van der Waals surface area contributed by atoms with E-state index in [4.69, 9.17) is 0 Å². The third-order valence-electron chi connectivity index (χ3n) is 2.72. The van der Waals surface area contributed by atoms with Gasteiger partial charge in [0.2, 0.25) is 5.91 Å². The van der Waals surface area contributed by atoms with E-state index in [1.54, 1.807) is 20.3 Å². The van der Waals surface area contributed by atoms with E-state index in [2.05, 4.69) is 25.9 Å². The number of carbonyl (C=O) groups excluding carboxylic acids is 2. The second-order valence-electron chi connectivity index (χ2n) is 4.57. The van der Waals surface area contributed by atoms with Crippen molar-refractivity contribution in [1.29, 1.82) is 0 Å². The van der Waals surface area contributed by atoms with E-state index >= 15 is 0 Å². The maximum Gasteiger partial charge on any atom is 0.272 e. The number of hydrogen-bond donors (Lipinski definition) is 3. The highest BCUT2D eigenvalue weighted by Gasteiger charge is 2.15. The Labute approximate surface area is 118 Å². The summed E-state index contributed by atoms with van der Waals surface area (Å²) in [5.74, 6) is 0.311. The maximum atomic E-state index is 12.1. The average molecular weight is 279 g/mol. The fraction of sp³-hybridized carbons (Fsp3) is 0.538. The summed E-state index contributed by atoms with van der Waals surface area (Å²) < 4.78 is 0. The molecular weight excluding hydrogens is 258 g/mol. The van der Waals surface area contributed by atoms with Crippen molar-refractivity contribution < 1.29 is 9.59 Å². The topological polar surface area (TPSA) is 96.0 Å². The summed E-state index contributed by atoms with van der Waals surface area (Å²) in [5, 5.41) is 8.06. The summed E-state index contributed by atoms with van der Waals surface area (Å²) in [7, 11) is 3.26. The van der Waals surface area contributed by atoms with Gasteiger partial charge in [-0.05, 0) is 0 Å². The summed E-state index contributed by atoms with van der Waals surface area (Å²) >= 11 is 0. The molecule has 1 aromatic rings. The van der Waals surface area contributed by atoms with Crippen molar-refractivity contribution in [3.63, 3.8) is 0 Å². The standard InChI is InChI=1S/C13H21N5O2/c1-8(2)12-17-7-9(14-3)11(18-12)13(20)16-6-5-10(19)15-4/h7-8,14H,5-6H2,1-4H3,(H,15,19)(H,16,20). The summed E-state index contributed by atoms with van der Waals surface area (Å²) in [4.78, 5) is 31.7. The molecule has 7 heteroatoms. The van der Waals surface area contributed by atoms with Crippen molar-refractivity contribution in [3.8, 4) is 0 Å². The first-order valence-corrected chi connectivity index (χ1v) is 6.53. The van der Waals surface area contributed by atoms with Gasteiger partial charge in [-0.15, -0.1) is 0 Å². The molecule has 0 aliphatic rings. The largest absolute Gasteiger partial charge is 0.385 e. The number of aromatic nitrogens is 2. The van der Waals surface area contributed by atoms with E-state index < -0.39 is 0 Å². The lowest BCUT2D eigenvalue weighted by Gasteiger charge is -2.11. The molecule has 1 rings (SSSR count). The third kappa shape index (κ3) is 4.18. The summed E-state index contributed by atoms with van der Waals surface area (Å²) in [6.45, 7) is 4.19. The fourth-order valence-corrected chi connectivity index (χ4v) is 1.53. The highest BCUT2D eigenvalue weighted by Crippen LogP contribution is 2.15. The molecule has 1 aromatic heterocycles. The molecule has 3 N–H and O–H groups in total. The molecule has 0 spiro atoms. The second-order valence-corrected chi connectivity index (χ2v) is 4.57.